The average molecular weight is 407 g/mol. The van der Waals surface area contributed by atoms with E-state index in [1.807, 2.05) is 12.1 Å². The normalized spacial score (nSPS) is 11.6. The molecule has 5 heteroatoms. The molecular weight excluding hydrogens is 380 g/mol. The Morgan fingerprint density at radius 3 is 2.69 bits per heavy atom. The van der Waals surface area contributed by atoms with E-state index in [-0.39, 0.29) is 6.61 Å². The molecule has 0 aliphatic heterocycles. The molecule has 0 saturated heterocycles. The molecule has 4 nitrogen and oxygen atoms in total. The van der Waals surface area contributed by atoms with Gasteiger partial charge >= 0.3 is 0 Å². The zero-order valence-corrected chi connectivity index (χ0v) is 17.5. The van der Waals surface area contributed by atoms with Gasteiger partial charge in [-0.2, -0.15) is 0 Å². The van der Waals surface area contributed by atoms with Crippen LogP contribution in [0.4, 0.5) is 0 Å². The Morgan fingerprint density at radius 1 is 1.00 bits per heavy atom. The molecule has 0 bridgehead atoms. The molecule has 150 valence electrons. The minimum atomic E-state index is 0.174. The maximum absolute atomic E-state index is 9.12. The van der Waals surface area contributed by atoms with Crippen LogP contribution in [0.5, 0.6) is 5.75 Å². The molecule has 0 amide bonds. The van der Waals surface area contributed by atoms with Gasteiger partial charge in [0, 0.05) is 19.5 Å². The van der Waals surface area contributed by atoms with E-state index >= 15 is 0 Å². The van der Waals surface area contributed by atoms with E-state index < -0.39 is 0 Å². The highest BCUT2D eigenvalue weighted by Gasteiger charge is 2.11. The van der Waals surface area contributed by atoms with Gasteiger partial charge in [-0.25, -0.2) is 4.98 Å². The Morgan fingerprint density at radius 2 is 1.83 bits per heavy atom. The highest BCUT2D eigenvalue weighted by atomic mass is 32.1. The molecule has 3 aromatic carbocycles. The third-order valence-corrected chi connectivity index (χ3v) is 6.20. The Kier molecular flexibility index (Phi) is 6.39. The highest BCUT2D eigenvalue weighted by molar-refractivity contribution is 7.18. The topological polar surface area (TPSA) is 45.6 Å². The molecule has 1 aromatic heterocycles. The number of hydrogen-bond donors (Lipinski definition) is 1. The zero-order chi connectivity index (χ0) is 20.1. The van der Waals surface area contributed by atoms with Gasteiger partial charge in [-0.05, 0) is 35.0 Å². The van der Waals surface area contributed by atoms with Crippen LogP contribution in [0, 0.1) is 0 Å². The molecule has 0 aliphatic carbocycles. The van der Waals surface area contributed by atoms with Gasteiger partial charge in [0.15, 0.2) is 0 Å². The lowest BCUT2D eigenvalue weighted by atomic mass is 10.0. The van der Waals surface area contributed by atoms with Crippen LogP contribution in [-0.4, -0.2) is 47.8 Å². The number of benzene rings is 3. The van der Waals surface area contributed by atoms with Crippen molar-refractivity contribution in [2.24, 2.45) is 0 Å². The molecule has 0 spiro atoms. The predicted molar refractivity (Wildman–Crippen MR) is 121 cm³/mol. The number of rotatable bonds is 9. The number of aliphatic hydroxyl groups excluding tert-OH is 1. The summed E-state index contributed by atoms with van der Waals surface area (Å²) in [5.41, 5.74) is 2.24. The van der Waals surface area contributed by atoms with Crippen molar-refractivity contribution in [3.8, 4) is 5.75 Å². The van der Waals surface area contributed by atoms with E-state index in [1.165, 1.54) is 16.3 Å². The van der Waals surface area contributed by atoms with Gasteiger partial charge in [-0.1, -0.05) is 55.5 Å². The SMILES string of the molecule is CCN(CCO)CCOc1cccc2sc(Cc3cccc4ccccc34)nc12. The maximum Gasteiger partial charge on any atom is 0.146 e. The van der Waals surface area contributed by atoms with Crippen LogP contribution in [-0.2, 0) is 6.42 Å². The lowest BCUT2D eigenvalue weighted by molar-refractivity contribution is 0.174. The summed E-state index contributed by atoms with van der Waals surface area (Å²) >= 11 is 1.73. The van der Waals surface area contributed by atoms with Crippen LogP contribution in [0.25, 0.3) is 21.0 Å². The molecule has 0 saturated carbocycles. The smallest absolute Gasteiger partial charge is 0.146 e. The van der Waals surface area contributed by atoms with Crippen LogP contribution < -0.4 is 4.74 Å². The van der Waals surface area contributed by atoms with E-state index in [0.29, 0.717) is 13.2 Å². The number of para-hydroxylation sites is 1. The van der Waals surface area contributed by atoms with Crippen molar-refractivity contribution in [2.75, 3.05) is 32.8 Å². The van der Waals surface area contributed by atoms with Crippen LogP contribution in [0.15, 0.2) is 60.7 Å². The molecule has 1 heterocycles. The third kappa shape index (κ3) is 4.58. The average Bonchev–Trinajstić information content (AvgIpc) is 3.17. The molecule has 0 radical (unpaired) electrons. The summed E-state index contributed by atoms with van der Waals surface area (Å²) in [5, 5.41) is 12.8. The minimum Gasteiger partial charge on any atom is -0.490 e. The predicted octanol–water partition coefficient (Wildman–Crippen LogP) is 4.73. The first-order valence-electron chi connectivity index (χ1n) is 10.1. The Balaban J connectivity index is 1.53. The zero-order valence-electron chi connectivity index (χ0n) is 16.7. The van der Waals surface area contributed by atoms with Crippen molar-refractivity contribution in [3.63, 3.8) is 0 Å². The summed E-state index contributed by atoms with van der Waals surface area (Å²) in [5.74, 6) is 0.836. The van der Waals surface area contributed by atoms with Gasteiger partial charge in [0.1, 0.15) is 17.9 Å². The fourth-order valence-electron chi connectivity index (χ4n) is 3.62. The molecule has 0 aliphatic rings. The van der Waals surface area contributed by atoms with E-state index in [9.17, 15) is 0 Å². The van der Waals surface area contributed by atoms with Crippen LogP contribution in [0.3, 0.4) is 0 Å². The van der Waals surface area contributed by atoms with Crippen molar-refractivity contribution in [2.45, 2.75) is 13.3 Å². The number of aliphatic hydroxyl groups is 1. The maximum atomic E-state index is 9.12. The lowest BCUT2D eigenvalue weighted by Crippen LogP contribution is -2.30. The summed E-state index contributed by atoms with van der Waals surface area (Å²) < 4.78 is 7.21. The second-order valence-corrected chi connectivity index (χ2v) is 8.15. The van der Waals surface area contributed by atoms with Crippen LogP contribution >= 0.6 is 11.3 Å². The second-order valence-electron chi connectivity index (χ2n) is 7.03. The van der Waals surface area contributed by atoms with Gasteiger partial charge in [0.2, 0.25) is 0 Å². The van der Waals surface area contributed by atoms with E-state index in [4.69, 9.17) is 14.8 Å². The number of hydrogen-bond acceptors (Lipinski definition) is 5. The van der Waals surface area contributed by atoms with Gasteiger partial charge in [0.05, 0.1) is 16.3 Å². The summed E-state index contributed by atoms with van der Waals surface area (Å²) in [4.78, 5) is 7.08. The Labute approximate surface area is 175 Å². The fourth-order valence-corrected chi connectivity index (χ4v) is 4.63. The quantitative estimate of drug-likeness (QED) is 0.436. The first-order valence-corrected chi connectivity index (χ1v) is 10.9. The molecule has 4 aromatic rings. The Hall–Kier alpha value is -2.47. The monoisotopic (exact) mass is 406 g/mol. The van der Waals surface area contributed by atoms with E-state index in [1.54, 1.807) is 11.3 Å². The Bertz CT molecular complexity index is 1090. The van der Waals surface area contributed by atoms with Crippen molar-refractivity contribution >= 4 is 32.3 Å². The van der Waals surface area contributed by atoms with Crippen LogP contribution in [0.2, 0.25) is 0 Å². The first-order chi connectivity index (χ1) is 14.3. The van der Waals surface area contributed by atoms with Crippen LogP contribution in [0.1, 0.15) is 17.5 Å². The number of aromatic nitrogens is 1. The largest absolute Gasteiger partial charge is 0.490 e. The first kappa shape index (κ1) is 19.8. The summed E-state index contributed by atoms with van der Waals surface area (Å²) in [6, 6.07) is 21.1. The lowest BCUT2D eigenvalue weighted by Gasteiger charge is -2.19. The standard InChI is InChI=1S/C24H26N2O2S/c1-2-26(13-15-27)14-16-28-21-11-6-12-22-24(21)25-23(29-22)17-19-9-5-8-18-7-3-4-10-20(18)19/h3-12,27H,2,13-17H2,1H3. The number of likely N-dealkylation sites (N-methyl/N-ethyl adjacent to an activating group) is 1. The summed E-state index contributed by atoms with van der Waals surface area (Å²) in [6.45, 7) is 5.23. The number of nitrogens with zero attached hydrogens (tertiary/aromatic N) is 2. The fraction of sp³-hybridized carbons (Fsp3) is 0.292. The number of ether oxygens (including phenoxy) is 1. The number of thiazole rings is 1. The van der Waals surface area contributed by atoms with Gasteiger partial charge in [-0.3, -0.25) is 4.90 Å². The summed E-state index contributed by atoms with van der Waals surface area (Å²) in [6.07, 6.45) is 0.820. The van der Waals surface area contributed by atoms with Crippen molar-refractivity contribution in [1.82, 2.24) is 9.88 Å². The molecule has 0 atom stereocenters. The van der Waals surface area contributed by atoms with Crippen molar-refractivity contribution < 1.29 is 9.84 Å². The van der Waals surface area contributed by atoms with Gasteiger partial charge in [-0.15, -0.1) is 11.3 Å². The number of fused-ring (bicyclic) bond motifs is 2. The molecule has 1 N–H and O–H groups in total. The molecular formula is C24H26N2O2S. The van der Waals surface area contributed by atoms with E-state index in [0.717, 1.165) is 40.5 Å². The van der Waals surface area contributed by atoms with Crippen molar-refractivity contribution in [3.05, 3.63) is 71.2 Å². The molecule has 0 unspecified atom stereocenters. The van der Waals surface area contributed by atoms with Gasteiger partial charge < -0.3 is 9.84 Å². The van der Waals surface area contributed by atoms with Crippen molar-refractivity contribution in [1.29, 1.82) is 0 Å². The minimum absolute atomic E-state index is 0.174. The molecule has 4 rings (SSSR count). The highest BCUT2D eigenvalue weighted by Crippen LogP contribution is 2.32. The third-order valence-electron chi connectivity index (χ3n) is 5.18. The second kappa shape index (κ2) is 9.35. The molecule has 29 heavy (non-hydrogen) atoms. The van der Waals surface area contributed by atoms with Gasteiger partial charge in [0.25, 0.3) is 0 Å². The summed E-state index contributed by atoms with van der Waals surface area (Å²) in [7, 11) is 0. The van der Waals surface area contributed by atoms with E-state index in [2.05, 4.69) is 60.4 Å². The molecule has 0 fully saturated rings.